The minimum Gasteiger partial charge on any atom is -0.313 e. The van der Waals surface area contributed by atoms with Gasteiger partial charge in [-0.3, -0.25) is 0 Å². The SMILES string of the molecule is CCNC1CCCCCCC1S(=O)(=O)C1CCCCC1. The summed E-state index contributed by atoms with van der Waals surface area (Å²) in [6.45, 7) is 2.96. The van der Waals surface area contributed by atoms with Gasteiger partial charge >= 0.3 is 0 Å². The lowest BCUT2D eigenvalue weighted by molar-refractivity contribution is 0.385. The first-order valence-corrected chi connectivity index (χ1v) is 10.2. The van der Waals surface area contributed by atoms with Crippen LogP contribution in [0.15, 0.2) is 0 Å². The van der Waals surface area contributed by atoms with Gasteiger partial charge < -0.3 is 5.32 Å². The van der Waals surface area contributed by atoms with Gasteiger partial charge in [-0.25, -0.2) is 8.42 Å². The Balaban J connectivity index is 2.14. The van der Waals surface area contributed by atoms with Crippen molar-refractivity contribution in [3.63, 3.8) is 0 Å². The monoisotopic (exact) mass is 301 g/mol. The lowest BCUT2D eigenvalue weighted by Crippen LogP contribution is -2.48. The Morgan fingerprint density at radius 3 is 2.05 bits per heavy atom. The molecule has 2 unspecified atom stereocenters. The van der Waals surface area contributed by atoms with Crippen LogP contribution in [-0.4, -0.2) is 31.5 Å². The third-order valence-electron chi connectivity index (χ3n) is 5.11. The van der Waals surface area contributed by atoms with Crippen LogP contribution in [0.2, 0.25) is 0 Å². The molecule has 0 aliphatic heterocycles. The third kappa shape index (κ3) is 3.97. The Labute approximate surface area is 124 Å². The van der Waals surface area contributed by atoms with E-state index in [1.54, 1.807) is 0 Å². The van der Waals surface area contributed by atoms with E-state index in [9.17, 15) is 8.42 Å². The summed E-state index contributed by atoms with van der Waals surface area (Å²) in [6.07, 6.45) is 11.8. The van der Waals surface area contributed by atoms with Crippen molar-refractivity contribution in [3.05, 3.63) is 0 Å². The molecule has 0 amide bonds. The molecule has 2 saturated carbocycles. The van der Waals surface area contributed by atoms with Gasteiger partial charge in [0, 0.05) is 6.04 Å². The van der Waals surface area contributed by atoms with Crippen molar-refractivity contribution in [1.82, 2.24) is 5.32 Å². The Kier molecular flexibility index (Phi) is 6.34. The second-order valence-corrected chi connectivity index (χ2v) is 8.99. The van der Waals surface area contributed by atoms with Crippen molar-refractivity contribution in [1.29, 1.82) is 0 Å². The highest BCUT2D eigenvalue weighted by Crippen LogP contribution is 2.31. The zero-order chi connectivity index (χ0) is 14.4. The highest BCUT2D eigenvalue weighted by molar-refractivity contribution is 7.92. The predicted molar refractivity (Wildman–Crippen MR) is 84.7 cm³/mol. The smallest absolute Gasteiger partial charge is 0.157 e. The molecule has 0 spiro atoms. The lowest BCUT2D eigenvalue weighted by atomic mass is 9.96. The maximum atomic E-state index is 13.1. The largest absolute Gasteiger partial charge is 0.313 e. The second kappa shape index (κ2) is 7.79. The minimum absolute atomic E-state index is 0.0539. The van der Waals surface area contributed by atoms with Gasteiger partial charge in [0.2, 0.25) is 0 Å². The Morgan fingerprint density at radius 2 is 1.40 bits per heavy atom. The highest BCUT2D eigenvalue weighted by atomic mass is 32.2. The molecule has 2 rings (SSSR count). The Hall–Kier alpha value is -0.0900. The van der Waals surface area contributed by atoms with Gasteiger partial charge in [-0.15, -0.1) is 0 Å². The molecule has 2 fully saturated rings. The average Bonchev–Trinajstić information content (AvgIpc) is 2.43. The molecule has 1 N–H and O–H groups in total. The molecule has 4 heteroatoms. The maximum Gasteiger partial charge on any atom is 0.157 e. The summed E-state index contributed by atoms with van der Waals surface area (Å²) in [4.78, 5) is 0. The number of nitrogens with one attached hydrogen (secondary N) is 1. The third-order valence-corrected chi connectivity index (χ3v) is 7.92. The van der Waals surface area contributed by atoms with Crippen LogP contribution in [0.4, 0.5) is 0 Å². The van der Waals surface area contributed by atoms with Crippen molar-refractivity contribution in [2.45, 2.75) is 94.1 Å². The molecule has 2 aliphatic carbocycles. The topological polar surface area (TPSA) is 46.2 Å². The van der Waals surface area contributed by atoms with Crippen LogP contribution in [0, 0.1) is 0 Å². The van der Waals surface area contributed by atoms with Crippen LogP contribution < -0.4 is 5.32 Å². The molecule has 0 aromatic carbocycles. The quantitative estimate of drug-likeness (QED) is 0.865. The molecule has 0 aromatic rings. The molecule has 0 heterocycles. The van der Waals surface area contributed by atoms with E-state index in [-0.39, 0.29) is 16.5 Å². The van der Waals surface area contributed by atoms with Gasteiger partial charge in [0.1, 0.15) is 0 Å². The summed E-state index contributed by atoms with van der Waals surface area (Å²) >= 11 is 0. The summed E-state index contributed by atoms with van der Waals surface area (Å²) in [5.74, 6) is 0. The second-order valence-electron chi connectivity index (χ2n) is 6.54. The fourth-order valence-corrected chi connectivity index (χ4v) is 6.65. The van der Waals surface area contributed by atoms with Gasteiger partial charge in [-0.2, -0.15) is 0 Å². The number of sulfone groups is 1. The molecule has 2 aliphatic rings. The summed E-state index contributed by atoms with van der Waals surface area (Å²) in [5, 5.41) is 3.28. The molecular weight excluding hydrogens is 270 g/mol. The number of hydrogen-bond acceptors (Lipinski definition) is 3. The summed E-state index contributed by atoms with van der Waals surface area (Å²) < 4.78 is 26.1. The van der Waals surface area contributed by atoms with Crippen LogP contribution in [0.3, 0.4) is 0 Å². The van der Waals surface area contributed by atoms with Crippen LogP contribution in [0.5, 0.6) is 0 Å². The first kappa shape index (κ1) is 16.3. The maximum absolute atomic E-state index is 13.1. The van der Waals surface area contributed by atoms with Crippen molar-refractivity contribution in [2.24, 2.45) is 0 Å². The molecule has 3 nitrogen and oxygen atoms in total. The van der Waals surface area contributed by atoms with Gasteiger partial charge in [0.15, 0.2) is 9.84 Å². The summed E-state index contributed by atoms with van der Waals surface area (Å²) in [7, 11) is -2.96. The van der Waals surface area contributed by atoms with Crippen LogP contribution in [0.1, 0.15) is 77.6 Å². The molecule has 20 heavy (non-hydrogen) atoms. The molecule has 0 aromatic heterocycles. The predicted octanol–water partition coefficient (Wildman–Crippen LogP) is 3.43. The van der Waals surface area contributed by atoms with E-state index in [1.807, 2.05) is 0 Å². The first-order valence-electron chi connectivity index (χ1n) is 8.62. The van der Waals surface area contributed by atoms with Crippen LogP contribution >= 0.6 is 0 Å². The normalized spacial score (nSPS) is 30.6. The van der Waals surface area contributed by atoms with E-state index < -0.39 is 9.84 Å². The fourth-order valence-electron chi connectivity index (χ4n) is 3.98. The van der Waals surface area contributed by atoms with Crippen molar-refractivity contribution in [3.8, 4) is 0 Å². The Morgan fingerprint density at radius 1 is 0.850 bits per heavy atom. The van der Waals surface area contributed by atoms with E-state index in [4.69, 9.17) is 0 Å². The molecule has 0 radical (unpaired) electrons. The lowest BCUT2D eigenvalue weighted by Gasteiger charge is -2.33. The van der Waals surface area contributed by atoms with Gasteiger partial charge in [0.05, 0.1) is 10.5 Å². The Bertz CT molecular complexity index is 374. The fraction of sp³-hybridized carbons (Fsp3) is 1.00. The summed E-state index contributed by atoms with van der Waals surface area (Å²) in [5.41, 5.74) is 0. The first-order chi connectivity index (χ1) is 9.66. The van der Waals surface area contributed by atoms with Crippen LogP contribution in [0.25, 0.3) is 0 Å². The molecule has 2 atom stereocenters. The molecule has 0 bridgehead atoms. The number of hydrogen-bond donors (Lipinski definition) is 1. The van der Waals surface area contributed by atoms with E-state index in [0.717, 1.165) is 51.5 Å². The van der Waals surface area contributed by atoms with Gasteiger partial charge in [-0.1, -0.05) is 51.9 Å². The van der Waals surface area contributed by atoms with Crippen molar-refractivity contribution < 1.29 is 8.42 Å². The summed E-state index contributed by atoms with van der Waals surface area (Å²) in [6, 6.07) is 0.187. The van der Waals surface area contributed by atoms with E-state index in [1.165, 1.54) is 25.7 Å². The molecular formula is C16H31NO2S. The average molecular weight is 301 g/mol. The van der Waals surface area contributed by atoms with Crippen molar-refractivity contribution in [2.75, 3.05) is 6.54 Å². The standard InChI is InChI=1S/C16H31NO2S/c1-2-17-15-12-8-3-4-9-13-16(15)20(18,19)14-10-6-5-7-11-14/h14-17H,2-13H2,1H3. The minimum atomic E-state index is -2.96. The highest BCUT2D eigenvalue weighted by Gasteiger charge is 2.38. The van der Waals surface area contributed by atoms with E-state index in [2.05, 4.69) is 12.2 Å². The molecule has 0 saturated heterocycles. The number of rotatable bonds is 4. The van der Waals surface area contributed by atoms with Crippen molar-refractivity contribution >= 4 is 9.84 Å². The van der Waals surface area contributed by atoms with E-state index >= 15 is 0 Å². The zero-order valence-corrected chi connectivity index (χ0v) is 13.8. The molecule has 118 valence electrons. The van der Waals surface area contributed by atoms with Crippen LogP contribution in [-0.2, 0) is 9.84 Å². The van der Waals surface area contributed by atoms with E-state index in [0.29, 0.717) is 0 Å². The zero-order valence-electron chi connectivity index (χ0n) is 12.9. The van der Waals surface area contributed by atoms with Gasteiger partial charge in [0.25, 0.3) is 0 Å². The van der Waals surface area contributed by atoms with Gasteiger partial charge in [-0.05, 0) is 32.2 Å².